The predicted octanol–water partition coefficient (Wildman–Crippen LogP) is 3.39. The van der Waals surface area contributed by atoms with E-state index < -0.39 is 10.0 Å². The van der Waals surface area contributed by atoms with E-state index in [0.29, 0.717) is 18.0 Å². The van der Waals surface area contributed by atoms with Crippen LogP contribution < -0.4 is 14.2 Å². The Labute approximate surface area is 182 Å². The van der Waals surface area contributed by atoms with Crippen molar-refractivity contribution in [3.8, 4) is 11.5 Å². The number of hydrogen-bond donors (Lipinski definition) is 1. The third-order valence-corrected chi connectivity index (χ3v) is 7.09. The monoisotopic (exact) mass is 452 g/mol. The summed E-state index contributed by atoms with van der Waals surface area (Å²) >= 11 is 5.98. The van der Waals surface area contributed by atoms with Crippen LogP contribution in [0.25, 0.3) is 0 Å². The number of sulfonamides is 1. The summed E-state index contributed by atoms with van der Waals surface area (Å²) < 4.78 is 38.1. The van der Waals surface area contributed by atoms with Crippen molar-refractivity contribution in [1.82, 2.24) is 9.62 Å². The van der Waals surface area contributed by atoms with E-state index in [1.165, 1.54) is 12.1 Å². The Balaban J connectivity index is 1.68. The maximum absolute atomic E-state index is 12.9. The molecule has 9 heteroatoms. The molecule has 1 fully saturated rings. The van der Waals surface area contributed by atoms with Gasteiger partial charge in [-0.3, -0.25) is 4.79 Å². The Bertz CT molecular complexity index is 1010. The fraction of sp³-hybridized carbons (Fsp3) is 0.381. The molecule has 0 radical (unpaired) electrons. The zero-order chi connectivity index (χ0) is 21.7. The summed E-state index contributed by atoms with van der Waals surface area (Å²) in [7, 11) is -0.600. The van der Waals surface area contributed by atoms with Crippen LogP contribution in [0.5, 0.6) is 11.5 Å². The van der Waals surface area contributed by atoms with Crippen molar-refractivity contribution in [2.45, 2.75) is 30.2 Å². The third kappa shape index (κ3) is 4.88. The molecule has 0 aliphatic carbocycles. The number of carbonyl (C=O) groups is 1. The van der Waals surface area contributed by atoms with Gasteiger partial charge >= 0.3 is 0 Å². The van der Waals surface area contributed by atoms with Gasteiger partial charge < -0.3 is 14.4 Å². The third-order valence-electron chi connectivity index (χ3n) is 5.13. The van der Waals surface area contributed by atoms with Crippen LogP contribution in [0.15, 0.2) is 47.4 Å². The molecule has 7 nitrogen and oxygen atoms in total. The van der Waals surface area contributed by atoms with Crippen LogP contribution >= 0.6 is 11.6 Å². The standard InChI is InChI=1S/C21H25ClN2O5S/c1-28-15-9-10-19(29-2)16(14-15)18-7-5-13-24(18)21(25)11-12-23-30(26,27)20-8-4-3-6-17(20)22/h3-4,6,8-10,14,18,23H,5,7,11-13H2,1-2H3. The van der Waals surface area contributed by atoms with Gasteiger partial charge in [0.1, 0.15) is 16.4 Å². The average molecular weight is 453 g/mol. The molecule has 0 spiro atoms. The fourth-order valence-corrected chi connectivity index (χ4v) is 5.21. The average Bonchev–Trinajstić information content (AvgIpc) is 3.23. The van der Waals surface area contributed by atoms with Gasteiger partial charge in [-0.2, -0.15) is 0 Å². The number of nitrogens with zero attached hydrogens (tertiary/aromatic N) is 1. The van der Waals surface area contributed by atoms with Crippen molar-refractivity contribution in [3.05, 3.63) is 53.1 Å². The molecule has 0 saturated carbocycles. The first kappa shape index (κ1) is 22.4. The van der Waals surface area contributed by atoms with E-state index in [0.717, 1.165) is 18.4 Å². The summed E-state index contributed by atoms with van der Waals surface area (Å²) in [4.78, 5) is 14.6. The molecule has 3 rings (SSSR count). The van der Waals surface area contributed by atoms with E-state index in [1.807, 2.05) is 18.2 Å². The SMILES string of the molecule is COc1ccc(OC)c(C2CCCN2C(=O)CCNS(=O)(=O)c2ccccc2Cl)c1. The van der Waals surface area contributed by atoms with Crippen molar-refractivity contribution in [2.24, 2.45) is 0 Å². The summed E-state index contributed by atoms with van der Waals surface area (Å²) in [6, 6.07) is 11.6. The minimum Gasteiger partial charge on any atom is -0.497 e. The maximum Gasteiger partial charge on any atom is 0.242 e. The van der Waals surface area contributed by atoms with E-state index >= 15 is 0 Å². The summed E-state index contributed by atoms with van der Waals surface area (Å²) in [6.45, 7) is 0.603. The minimum absolute atomic E-state index is 0.000665. The van der Waals surface area contributed by atoms with Crippen molar-refractivity contribution in [1.29, 1.82) is 0 Å². The van der Waals surface area contributed by atoms with Crippen molar-refractivity contribution in [3.63, 3.8) is 0 Å². The van der Waals surface area contributed by atoms with Gasteiger partial charge in [0.05, 0.1) is 25.3 Å². The summed E-state index contributed by atoms with van der Waals surface area (Å²) in [5.41, 5.74) is 0.888. The molecule has 1 atom stereocenters. The van der Waals surface area contributed by atoms with Crippen LogP contribution in [0.3, 0.4) is 0 Å². The van der Waals surface area contributed by atoms with Crippen molar-refractivity contribution < 1.29 is 22.7 Å². The first-order valence-electron chi connectivity index (χ1n) is 9.63. The van der Waals surface area contributed by atoms with Crippen LogP contribution in [0.1, 0.15) is 30.9 Å². The second-order valence-corrected chi connectivity index (χ2v) is 9.07. The van der Waals surface area contributed by atoms with Gasteiger partial charge in [-0.15, -0.1) is 0 Å². The number of likely N-dealkylation sites (tertiary alicyclic amines) is 1. The van der Waals surface area contributed by atoms with Crippen molar-refractivity contribution >= 4 is 27.5 Å². The summed E-state index contributed by atoms with van der Waals surface area (Å²) in [5, 5.41) is 0.140. The second kappa shape index (κ2) is 9.68. The molecule has 1 unspecified atom stereocenters. The van der Waals surface area contributed by atoms with Gasteiger partial charge in [-0.1, -0.05) is 23.7 Å². The van der Waals surface area contributed by atoms with Crippen LogP contribution in [-0.2, 0) is 14.8 Å². The lowest BCUT2D eigenvalue weighted by Crippen LogP contribution is -2.34. The lowest BCUT2D eigenvalue weighted by Gasteiger charge is -2.27. The van der Waals surface area contributed by atoms with E-state index in [-0.39, 0.29) is 34.8 Å². The molecule has 1 aliphatic heterocycles. The molecule has 1 amide bonds. The largest absolute Gasteiger partial charge is 0.497 e. The van der Waals surface area contributed by atoms with E-state index in [4.69, 9.17) is 21.1 Å². The lowest BCUT2D eigenvalue weighted by atomic mass is 10.0. The number of carbonyl (C=O) groups excluding carboxylic acids is 1. The predicted molar refractivity (Wildman–Crippen MR) is 114 cm³/mol. The topological polar surface area (TPSA) is 84.9 Å². The van der Waals surface area contributed by atoms with Crippen LogP contribution in [-0.4, -0.2) is 46.5 Å². The van der Waals surface area contributed by atoms with Gasteiger partial charge in [-0.25, -0.2) is 13.1 Å². The number of hydrogen-bond acceptors (Lipinski definition) is 5. The van der Waals surface area contributed by atoms with E-state index in [9.17, 15) is 13.2 Å². The van der Waals surface area contributed by atoms with E-state index in [1.54, 1.807) is 31.3 Å². The molecular weight excluding hydrogens is 428 g/mol. The first-order valence-corrected chi connectivity index (χ1v) is 11.5. The Hall–Kier alpha value is -2.29. The van der Waals surface area contributed by atoms with Crippen LogP contribution in [0.4, 0.5) is 0 Å². The van der Waals surface area contributed by atoms with Gasteiger partial charge in [0.15, 0.2) is 0 Å². The Morgan fingerprint density at radius 3 is 2.67 bits per heavy atom. The van der Waals surface area contributed by atoms with Gasteiger partial charge in [0.25, 0.3) is 0 Å². The van der Waals surface area contributed by atoms with Gasteiger partial charge in [0.2, 0.25) is 15.9 Å². The Morgan fingerprint density at radius 2 is 1.97 bits per heavy atom. The molecule has 1 aliphatic rings. The van der Waals surface area contributed by atoms with Crippen LogP contribution in [0.2, 0.25) is 5.02 Å². The number of ether oxygens (including phenoxy) is 2. The van der Waals surface area contributed by atoms with Gasteiger partial charge in [-0.05, 0) is 43.2 Å². The molecule has 0 bridgehead atoms. The zero-order valence-corrected chi connectivity index (χ0v) is 18.5. The highest BCUT2D eigenvalue weighted by molar-refractivity contribution is 7.89. The smallest absolute Gasteiger partial charge is 0.242 e. The Kier molecular flexibility index (Phi) is 7.23. The number of amides is 1. The number of nitrogens with one attached hydrogen (secondary N) is 1. The first-order chi connectivity index (χ1) is 14.4. The number of rotatable bonds is 8. The molecule has 1 N–H and O–H groups in total. The molecule has 162 valence electrons. The molecule has 1 saturated heterocycles. The van der Waals surface area contributed by atoms with Crippen LogP contribution in [0, 0.1) is 0 Å². The molecule has 30 heavy (non-hydrogen) atoms. The van der Waals surface area contributed by atoms with Crippen molar-refractivity contribution in [2.75, 3.05) is 27.3 Å². The lowest BCUT2D eigenvalue weighted by molar-refractivity contribution is -0.132. The highest BCUT2D eigenvalue weighted by Crippen LogP contribution is 2.39. The zero-order valence-electron chi connectivity index (χ0n) is 16.9. The second-order valence-electron chi connectivity index (χ2n) is 6.93. The summed E-state index contributed by atoms with van der Waals surface area (Å²) in [6.07, 6.45) is 1.72. The molecule has 2 aromatic carbocycles. The highest BCUT2D eigenvalue weighted by atomic mass is 35.5. The minimum atomic E-state index is -3.78. The molecular formula is C21H25ClN2O5S. The number of methoxy groups -OCH3 is 2. The maximum atomic E-state index is 12.9. The van der Waals surface area contributed by atoms with Gasteiger partial charge in [0, 0.05) is 25.1 Å². The Morgan fingerprint density at radius 1 is 1.20 bits per heavy atom. The normalized spacial score (nSPS) is 16.5. The number of benzene rings is 2. The highest BCUT2D eigenvalue weighted by Gasteiger charge is 2.32. The molecule has 2 aromatic rings. The molecule has 1 heterocycles. The molecule has 0 aromatic heterocycles. The number of halogens is 1. The quantitative estimate of drug-likeness (QED) is 0.663. The van der Waals surface area contributed by atoms with E-state index in [2.05, 4.69) is 4.72 Å². The fourth-order valence-electron chi connectivity index (χ4n) is 3.66. The summed E-state index contributed by atoms with van der Waals surface area (Å²) in [5.74, 6) is 1.27.